The van der Waals surface area contributed by atoms with Crippen LogP contribution in [0, 0.1) is 0 Å². The molecule has 6 heteroatoms. The third-order valence-electron chi connectivity index (χ3n) is 4.12. The van der Waals surface area contributed by atoms with Gasteiger partial charge in [-0.1, -0.05) is 30.9 Å². The monoisotopic (exact) mass is 363 g/mol. The van der Waals surface area contributed by atoms with Crippen molar-refractivity contribution >= 4 is 34.5 Å². The first-order valence-corrected chi connectivity index (χ1v) is 8.65. The van der Waals surface area contributed by atoms with E-state index >= 15 is 0 Å². The zero-order chi connectivity index (χ0) is 19.4. The predicted octanol–water partition coefficient (Wildman–Crippen LogP) is 3.71. The summed E-state index contributed by atoms with van der Waals surface area (Å²) in [5.41, 5.74) is 2.41. The molecule has 0 saturated carbocycles. The van der Waals surface area contributed by atoms with Crippen molar-refractivity contribution in [1.82, 2.24) is 14.8 Å². The highest BCUT2D eigenvalue weighted by Gasteiger charge is 2.11. The van der Waals surface area contributed by atoms with Gasteiger partial charge in [0, 0.05) is 46.0 Å². The highest BCUT2D eigenvalue weighted by atomic mass is 16.2. The van der Waals surface area contributed by atoms with Gasteiger partial charge in [-0.3, -0.25) is 4.79 Å². The molecule has 6 nitrogen and oxygen atoms in total. The van der Waals surface area contributed by atoms with Crippen LogP contribution in [0.25, 0.3) is 16.5 Å². The lowest BCUT2D eigenvalue weighted by molar-refractivity contribution is -0.112. The van der Waals surface area contributed by atoms with E-state index in [-0.39, 0.29) is 13.0 Å². The average molecular weight is 363 g/mol. The van der Waals surface area contributed by atoms with Crippen molar-refractivity contribution in [2.24, 2.45) is 4.99 Å². The van der Waals surface area contributed by atoms with Gasteiger partial charge in [0.25, 0.3) is 5.91 Å². The highest BCUT2D eigenvalue weighted by Crippen LogP contribution is 2.26. The second-order valence-corrected chi connectivity index (χ2v) is 6.56. The number of hydrogen-bond acceptors (Lipinski definition) is 4. The van der Waals surface area contributed by atoms with E-state index in [4.69, 9.17) is 0 Å². The van der Waals surface area contributed by atoms with Gasteiger partial charge in [0.1, 0.15) is 11.5 Å². The highest BCUT2D eigenvalue weighted by molar-refractivity contribution is 6.04. The molecule has 2 heterocycles. The van der Waals surface area contributed by atoms with E-state index in [0.29, 0.717) is 5.82 Å². The van der Waals surface area contributed by atoms with E-state index in [0.717, 1.165) is 28.5 Å². The lowest BCUT2D eigenvalue weighted by atomic mass is 10.0. The Kier molecular flexibility index (Phi) is 5.35. The van der Waals surface area contributed by atoms with E-state index in [2.05, 4.69) is 57.3 Å². The molecule has 0 unspecified atom stereocenters. The van der Waals surface area contributed by atoms with Crippen LogP contribution >= 0.6 is 0 Å². The van der Waals surface area contributed by atoms with E-state index in [9.17, 15) is 4.79 Å². The van der Waals surface area contributed by atoms with Crippen molar-refractivity contribution in [1.29, 1.82) is 0 Å². The number of aromatic nitrogens is 1. The van der Waals surface area contributed by atoms with Crippen LogP contribution in [0.15, 0.2) is 66.1 Å². The zero-order valence-corrected chi connectivity index (χ0v) is 15.8. The van der Waals surface area contributed by atoms with Crippen molar-refractivity contribution in [2.75, 3.05) is 26.5 Å². The Morgan fingerprint density at radius 3 is 2.93 bits per heavy atom. The van der Waals surface area contributed by atoms with Crippen molar-refractivity contribution in [3.8, 4) is 0 Å². The Morgan fingerprint density at radius 1 is 1.37 bits per heavy atom. The number of allylic oxidation sites excluding steroid dienone is 2. The average Bonchev–Trinajstić information content (AvgIpc) is 2.65. The Morgan fingerprint density at radius 2 is 2.19 bits per heavy atom. The second-order valence-electron chi connectivity index (χ2n) is 6.56. The Hall–Kier alpha value is -3.41. The summed E-state index contributed by atoms with van der Waals surface area (Å²) in [6, 6.07) is 8.09. The number of fused-ring (bicyclic) bond motifs is 1. The van der Waals surface area contributed by atoms with Crippen molar-refractivity contribution in [3.63, 3.8) is 0 Å². The van der Waals surface area contributed by atoms with Crippen LogP contribution in [-0.2, 0) is 4.79 Å². The fourth-order valence-corrected chi connectivity index (χ4v) is 2.75. The number of hydrogen-bond donors (Lipinski definition) is 1. The minimum Gasteiger partial charge on any atom is -0.369 e. The SMILES string of the molecule is C=C(N=CN(C)C)C(=O)Nc1cc2cc(C3=CCC=CN3C)ccc2cn1.[HH]. The van der Waals surface area contributed by atoms with Crippen LogP contribution in [0.5, 0.6) is 0 Å². The van der Waals surface area contributed by atoms with Gasteiger partial charge in [-0.25, -0.2) is 9.98 Å². The molecule has 0 atom stereocenters. The van der Waals surface area contributed by atoms with E-state index in [1.165, 1.54) is 6.34 Å². The first-order chi connectivity index (χ1) is 12.9. The van der Waals surface area contributed by atoms with Gasteiger partial charge in [-0.05, 0) is 29.5 Å². The third kappa shape index (κ3) is 4.41. The summed E-state index contributed by atoms with van der Waals surface area (Å²) in [5.74, 6) is 0.0905. The van der Waals surface area contributed by atoms with Gasteiger partial charge >= 0.3 is 0 Å². The van der Waals surface area contributed by atoms with Gasteiger partial charge in [0.2, 0.25) is 0 Å². The number of pyridine rings is 1. The molecule has 27 heavy (non-hydrogen) atoms. The summed E-state index contributed by atoms with van der Waals surface area (Å²) in [5, 5.41) is 4.76. The summed E-state index contributed by atoms with van der Waals surface area (Å²) in [6.45, 7) is 3.68. The molecule has 0 bridgehead atoms. The normalized spacial score (nSPS) is 13.7. The molecule has 1 aromatic heterocycles. The van der Waals surface area contributed by atoms with Gasteiger partial charge in [0.15, 0.2) is 0 Å². The molecule has 3 rings (SSSR count). The Balaban J connectivity index is 0.00000280. The molecule has 1 aliphatic rings. The molecule has 140 valence electrons. The van der Waals surface area contributed by atoms with E-state index < -0.39 is 0 Å². The molecule has 1 N–H and O–H groups in total. The van der Waals surface area contributed by atoms with E-state index in [1.54, 1.807) is 11.1 Å². The molecule has 1 aromatic carbocycles. The summed E-state index contributed by atoms with van der Waals surface area (Å²) < 4.78 is 0. The number of carbonyl (C=O) groups excluding carboxylic acids is 1. The Bertz CT molecular complexity index is 978. The fourth-order valence-electron chi connectivity index (χ4n) is 2.75. The number of benzene rings is 1. The fraction of sp³-hybridized carbons (Fsp3) is 0.190. The first kappa shape index (κ1) is 18.4. The molecule has 2 aromatic rings. The van der Waals surface area contributed by atoms with Gasteiger partial charge in [0.05, 0.1) is 6.34 Å². The van der Waals surface area contributed by atoms with E-state index in [1.807, 2.05) is 33.3 Å². The summed E-state index contributed by atoms with van der Waals surface area (Å²) in [7, 11) is 5.68. The van der Waals surface area contributed by atoms with Crippen LogP contribution < -0.4 is 5.32 Å². The maximum absolute atomic E-state index is 12.2. The minimum absolute atomic E-state index is 0. The van der Waals surface area contributed by atoms with Crippen LogP contribution in [-0.4, -0.2) is 48.2 Å². The second kappa shape index (κ2) is 7.86. The van der Waals surface area contributed by atoms with Crippen LogP contribution in [0.3, 0.4) is 0 Å². The first-order valence-electron chi connectivity index (χ1n) is 8.65. The van der Waals surface area contributed by atoms with Gasteiger partial charge in [-0.2, -0.15) is 0 Å². The topological polar surface area (TPSA) is 60.8 Å². The van der Waals surface area contributed by atoms with Crippen molar-refractivity contribution in [3.05, 3.63) is 66.7 Å². The third-order valence-corrected chi connectivity index (χ3v) is 4.12. The molecular weight excluding hydrogens is 338 g/mol. The Labute approximate surface area is 160 Å². The summed E-state index contributed by atoms with van der Waals surface area (Å²) in [4.78, 5) is 24.4. The number of anilines is 1. The van der Waals surface area contributed by atoms with Crippen LogP contribution in [0.2, 0.25) is 0 Å². The molecule has 0 fully saturated rings. The number of aliphatic imine (C=N–C) groups is 1. The molecule has 0 radical (unpaired) electrons. The molecule has 1 amide bonds. The summed E-state index contributed by atoms with van der Waals surface area (Å²) in [6.07, 6.45) is 10.6. The number of nitrogens with zero attached hydrogens (tertiary/aromatic N) is 4. The number of nitrogens with one attached hydrogen (secondary N) is 1. The lowest BCUT2D eigenvalue weighted by Crippen LogP contribution is -2.15. The zero-order valence-electron chi connectivity index (χ0n) is 15.8. The molecular formula is C21H25N5O. The minimum atomic E-state index is -0.379. The number of carbonyl (C=O) groups is 1. The summed E-state index contributed by atoms with van der Waals surface area (Å²) >= 11 is 0. The molecule has 0 saturated heterocycles. The van der Waals surface area contributed by atoms with Crippen molar-refractivity contribution < 1.29 is 6.22 Å². The molecule has 0 spiro atoms. The van der Waals surface area contributed by atoms with Gasteiger partial charge in [-0.15, -0.1) is 0 Å². The van der Waals surface area contributed by atoms with Gasteiger partial charge < -0.3 is 15.1 Å². The lowest BCUT2D eigenvalue weighted by Gasteiger charge is -2.22. The molecule has 1 aliphatic heterocycles. The van der Waals surface area contributed by atoms with Crippen LogP contribution in [0.1, 0.15) is 13.4 Å². The largest absolute Gasteiger partial charge is 0.369 e. The van der Waals surface area contributed by atoms with Crippen molar-refractivity contribution in [2.45, 2.75) is 6.42 Å². The maximum Gasteiger partial charge on any atom is 0.274 e. The quantitative estimate of drug-likeness (QED) is 0.500. The standard InChI is InChI=1S/C21H23N5O.H2/c1-15(23-14-25(2)3)21(27)24-20-12-18-11-16(8-9-17(18)13-22-20)19-7-5-6-10-26(19)4;/h6-14H,1,5H2,2-4H3,(H,22,24,27);1H. The van der Waals surface area contributed by atoms with Crippen LogP contribution in [0.4, 0.5) is 5.82 Å². The maximum atomic E-state index is 12.2. The number of rotatable bonds is 5. The molecule has 0 aliphatic carbocycles. The predicted molar refractivity (Wildman–Crippen MR) is 113 cm³/mol. The smallest absolute Gasteiger partial charge is 0.274 e. The number of amides is 1.